The number of aromatic nitrogens is 1. The van der Waals surface area contributed by atoms with Gasteiger partial charge in [0.2, 0.25) is 0 Å². The third-order valence-corrected chi connectivity index (χ3v) is 4.83. The van der Waals surface area contributed by atoms with E-state index in [9.17, 15) is 0 Å². The zero-order valence-corrected chi connectivity index (χ0v) is 14.3. The average molecular weight is 334 g/mol. The summed E-state index contributed by atoms with van der Waals surface area (Å²) in [5.74, 6) is 0. The molecule has 1 N–H and O–H groups in total. The zero-order chi connectivity index (χ0) is 17.3. The highest BCUT2D eigenvalue weighted by molar-refractivity contribution is 6.04. The Morgan fingerprint density at radius 3 is 2.12 bits per heavy atom. The van der Waals surface area contributed by atoms with Crippen molar-refractivity contribution in [3.05, 3.63) is 103 Å². The van der Waals surface area contributed by atoms with E-state index >= 15 is 0 Å². The molecule has 0 aliphatic rings. The molecule has 1 aromatic heterocycles. The minimum atomic E-state index is 1.14. The second-order valence-electron chi connectivity index (χ2n) is 6.39. The van der Waals surface area contributed by atoms with Gasteiger partial charge in [0.25, 0.3) is 0 Å². The van der Waals surface area contributed by atoms with Crippen LogP contribution in [0, 0.1) is 0 Å². The van der Waals surface area contributed by atoms with Gasteiger partial charge in [-0.05, 0) is 41.8 Å². The number of hydrogen-bond donors (Lipinski definition) is 1. The van der Waals surface area contributed by atoms with Crippen LogP contribution in [0.15, 0.2) is 103 Å². The predicted octanol–water partition coefficient (Wildman–Crippen LogP) is 6.79. The van der Waals surface area contributed by atoms with Crippen molar-refractivity contribution in [2.45, 2.75) is 0 Å². The second-order valence-corrected chi connectivity index (χ2v) is 6.39. The molecular formula is C24H18N2. The zero-order valence-electron chi connectivity index (χ0n) is 14.3. The van der Waals surface area contributed by atoms with Crippen molar-refractivity contribution in [1.82, 2.24) is 4.98 Å². The number of benzene rings is 4. The molecule has 0 aliphatic carbocycles. The predicted molar refractivity (Wildman–Crippen MR) is 110 cm³/mol. The number of rotatable bonds is 3. The van der Waals surface area contributed by atoms with Gasteiger partial charge in [-0.2, -0.15) is 0 Å². The summed E-state index contributed by atoms with van der Waals surface area (Å²) in [7, 11) is 0. The summed E-state index contributed by atoms with van der Waals surface area (Å²) in [5.41, 5.74) is 4.65. The van der Waals surface area contributed by atoms with E-state index in [1.54, 1.807) is 0 Å². The largest absolute Gasteiger partial charge is 0.361 e. The Morgan fingerprint density at radius 1 is 0.538 bits per heavy atom. The number of hydrogen-bond acceptors (Lipinski definition) is 1. The molecule has 0 unspecified atom stereocenters. The van der Waals surface area contributed by atoms with E-state index in [1.165, 1.54) is 27.5 Å². The standard InChI is InChI=1S/C24H18N2/c1-2-10-19(11-3-1)26(24-15-7-13-22-21(24)16-17-25-22)23-14-6-9-18-8-4-5-12-20(18)23/h1-17,25H. The second kappa shape index (κ2) is 6.08. The van der Waals surface area contributed by atoms with Crippen molar-refractivity contribution in [2.75, 3.05) is 4.90 Å². The lowest BCUT2D eigenvalue weighted by molar-refractivity contribution is 1.31. The Hall–Kier alpha value is -3.52. The van der Waals surface area contributed by atoms with Gasteiger partial charge in [-0.15, -0.1) is 0 Å². The molecule has 2 nitrogen and oxygen atoms in total. The minimum absolute atomic E-state index is 1.14. The lowest BCUT2D eigenvalue weighted by Gasteiger charge is -2.27. The summed E-state index contributed by atoms with van der Waals surface area (Å²) in [6.45, 7) is 0. The summed E-state index contributed by atoms with van der Waals surface area (Å²) in [6, 6.07) is 34.1. The van der Waals surface area contributed by atoms with E-state index in [-0.39, 0.29) is 0 Å². The molecule has 0 fully saturated rings. The molecule has 0 spiro atoms. The lowest BCUT2D eigenvalue weighted by Crippen LogP contribution is -2.10. The maximum atomic E-state index is 3.33. The van der Waals surface area contributed by atoms with Gasteiger partial charge in [0.05, 0.1) is 11.4 Å². The third-order valence-electron chi connectivity index (χ3n) is 4.83. The average Bonchev–Trinajstić information content (AvgIpc) is 3.19. The van der Waals surface area contributed by atoms with Crippen LogP contribution in [0.2, 0.25) is 0 Å². The van der Waals surface area contributed by atoms with Crippen LogP contribution in [0.4, 0.5) is 17.1 Å². The Kier molecular flexibility index (Phi) is 3.46. The third kappa shape index (κ3) is 2.35. The van der Waals surface area contributed by atoms with Gasteiger partial charge in [0, 0.05) is 28.2 Å². The fraction of sp³-hybridized carbons (Fsp3) is 0. The molecule has 0 saturated heterocycles. The van der Waals surface area contributed by atoms with E-state index in [0.717, 1.165) is 11.2 Å². The number of H-pyrrole nitrogens is 1. The number of nitrogens with one attached hydrogen (secondary N) is 1. The molecule has 1 heterocycles. The smallest absolute Gasteiger partial charge is 0.0555 e. The van der Waals surface area contributed by atoms with Crippen LogP contribution in [-0.2, 0) is 0 Å². The van der Waals surface area contributed by atoms with Crippen LogP contribution >= 0.6 is 0 Å². The molecule has 0 atom stereocenters. The fourth-order valence-corrected chi connectivity index (χ4v) is 3.65. The maximum Gasteiger partial charge on any atom is 0.0555 e. The van der Waals surface area contributed by atoms with E-state index in [2.05, 4.69) is 107 Å². The Labute approximate surface area is 152 Å². The molecule has 2 heteroatoms. The molecule has 26 heavy (non-hydrogen) atoms. The first-order chi connectivity index (χ1) is 12.9. The molecule has 0 aliphatic heterocycles. The number of para-hydroxylation sites is 1. The number of anilines is 3. The van der Waals surface area contributed by atoms with Crippen LogP contribution in [0.1, 0.15) is 0 Å². The monoisotopic (exact) mass is 334 g/mol. The van der Waals surface area contributed by atoms with Crippen molar-refractivity contribution >= 4 is 38.7 Å². The topological polar surface area (TPSA) is 19.0 Å². The fourth-order valence-electron chi connectivity index (χ4n) is 3.65. The highest BCUT2D eigenvalue weighted by atomic mass is 15.1. The van der Waals surface area contributed by atoms with Gasteiger partial charge < -0.3 is 9.88 Å². The number of nitrogens with zero attached hydrogens (tertiary/aromatic N) is 1. The van der Waals surface area contributed by atoms with Crippen LogP contribution in [0.3, 0.4) is 0 Å². The molecule has 124 valence electrons. The Bertz CT molecular complexity index is 1180. The van der Waals surface area contributed by atoms with Crippen LogP contribution in [0.5, 0.6) is 0 Å². The Morgan fingerprint density at radius 2 is 1.23 bits per heavy atom. The quantitative estimate of drug-likeness (QED) is 0.385. The van der Waals surface area contributed by atoms with Gasteiger partial charge in [-0.3, -0.25) is 0 Å². The van der Waals surface area contributed by atoms with E-state index in [1.807, 2.05) is 6.20 Å². The van der Waals surface area contributed by atoms with E-state index < -0.39 is 0 Å². The molecule has 5 rings (SSSR count). The summed E-state index contributed by atoms with van der Waals surface area (Å²) < 4.78 is 0. The minimum Gasteiger partial charge on any atom is -0.361 e. The van der Waals surface area contributed by atoms with E-state index in [0.29, 0.717) is 0 Å². The highest BCUT2D eigenvalue weighted by Crippen LogP contribution is 2.41. The SMILES string of the molecule is c1ccc(N(c2cccc3ccccc23)c2cccc3[nH]ccc23)cc1. The van der Waals surface area contributed by atoms with Gasteiger partial charge in [0.1, 0.15) is 0 Å². The first-order valence-corrected chi connectivity index (χ1v) is 8.81. The first-order valence-electron chi connectivity index (χ1n) is 8.81. The molecule has 0 saturated carbocycles. The van der Waals surface area contributed by atoms with Gasteiger partial charge in [0.15, 0.2) is 0 Å². The van der Waals surface area contributed by atoms with Gasteiger partial charge >= 0.3 is 0 Å². The molecule has 0 radical (unpaired) electrons. The van der Waals surface area contributed by atoms with Crippen molar-refractivity contribution < 1.29 is 0 Å². The Balaban J connectivity index is 1.85. The van der Waals surface area contributed by atoms with Crippen LogP contribution < -0.4 is 4.90 Å². The number of fused-ring (bicyclic) bond motifs is 2. The normalized spacial score (nSPS) is 11.1. The first kappa shape index (κ1) is 14.8. The molecule has 4 aromatic carbocycles. The molecular weight excluding hydrogens is 316 g/mol. The van der Waals surface area contributed by atoms with Crippen molar-refractivity contribution in [3.8, 4) is 0 Å². The summed E-state index contributed by atoms with van der Waals surface area (Å²) in [4.78, 5) is 5.67. The molecule has 5 aromatic rings. The van der Waals surface area contributed by atoms with Crippen molar-refractivity contribution in [1.29, 1.82) is 0 Å². The van der Waals surface area contributed by atoms with Crippen molar-refractivity contribution in [2.24, 2.45) is 0 Å². The van der Waals surface area contributed by atoms with Crippen molar-refractivity contribution in [3.63, 3.8) is 0 Å². The number of aromatic amines is 1. The summed E-state index contributed by atoms with van der Waals surface area (Å²) in [6.07, 6.45) is 2.00. The molecule has 0 amide bonds. The maximum absolute atomic E-state index is 3.33. The van der Waals surface area contributed by atoms with E-state index in [4.69, 9.17) is 0 Å². The summed E-state index contributed by atoms with van der Waals surface area (Å²) >= 11 is 0. The van der Waals surface area contributed by atoms with Gasteiger partial charge in [-0.25, -0.2) is 0 Å². The van der Waals surface area contributed by atoms with Gasteiger partial charge in [-0.1, -0.05) is 60.7 Å². The van der Waals surface area contributed by atoms with Crippen LogP contribution in [-0.4, -0.2) is 4.98 Å². The lowest BCUT2D eigenvalue weighted by atomic mass is 10.1. The highest BCUT2D eigenvalue weighted by Gasteiger charge is 2.17. The summed E-state index contributed by atoms with van der Waals surface area (Å²) in [5, 5.41) is 3.70. The molecule has 0 bridgehead atoms. The van der Waals surface area contributed by atoms with Crippen LogP contribution in [0.25, 0.3) is 21.7 Å².